The van der Waals surface area contributed by atoms with Crippen LogP contribution in [-0.2, 0) is 23.4 Å². The molecule has 6 heteroatoms. The molecule has 4 atom stereocenters. The quantitative estimate of drug-likeness (QED) is 0.553. The second-order valence-electron chi connectivity index (χ2n) is 9.25. The van der Waals surface area contributed by atoms with Crippen molar-refractivity contribution >= 4 is 14.3 Å². The van der Waals surface area contributed by atoms with Crippen molar-refractivity contribution in [2.24, 2.45) is 5.92 Å². The lowest BCUT2D eigenvalue weighted by Gasteiger charge is -2.49. The second kappa shape index (κ2) is 6.32. The van der Waals surface area contributed by atoms with Gasteiger partial charge in [0.05, 0.1) is 6.61 Å². The molecule has 5 nitrogen and oxygen atoms in total. The van der Waals surface area contributed by atoms with Crippen LogP contribution in [0.5, 0.6) is 0 Å². The maximum absolute atomic E-state index is 12.6. The molecule has 0 radical (unpaired) electrons. The van der Waals surface area contributed by atoms with E-state index in [1.807, 2.05) is 6.92 Å². The molecule has 0 bridgehead atoms. The molecule has 2 saturated heterocycles. The summed E-state index contributed by atoms with van der Waals surface area (Å²) in [5.41, 5.74) is -0.488. The molecule has 0 unspecified atom stereocenters. The average molecular weight is 371 g/mol. The molecule has 3 fully saturated rings. The van der Waals surface area contributed by atoms with Crippen molar-refractivity contribution in [1.82, 2.24) is 0 Å². The Morgan fingerprint density at radius 1 is 1.24 bits per heavy atom. The molecule has 3 rings (SSSR count). The Balaban J connectivity index is 1.97. The van der Waals surface area contributed by atoms with Gasteiger partial charge < -0.3 is 18.6 Å². The van der Waals surface area contributed by atoms with Crippen LogP contribution in [0, 0.1) is 5.92 Å². The van der Waals surface area contributed by atoms with Crippen LogP contribution < -0.4 is 0 Å². The molecule has 1 saturated carbocycles. The van der Waals surface area contributed by atoms with Crippen LogP contribution in [-0.4, -0.2) is 45.0 Å². The lowest BCUT2D eigenvalue weighted by atomic mass is 9.77. The number of esters is 1. The highest BCUT2D eigenvalue weighted by Crippen LogP contribution is 2.61. The Morgan fingerprint density at radius 2 is 1.96 bits per heavy atom. The van der Waals surface area contributed by atoms with Crippen LogP contribution in [0.25, 0.3) is 0 Å². The molecule has 2 heterocycles. The van der Waals surface area contributed by atoms with Crippen LogP contribution in [0.3, 0.4) is 0 Å². The first-order valence-electron chi connectivity index (χ1n) is 9.77. The van der Waals surface area contributed by atoms with Crippen LogP contribution in [0.4, 0.5) is 0 Å². The predicted molar refractivity (Wildman–Crippen MR) is 97.8 cm³/mol. The summed E-state index contributed by atoms with van der Waals surface area (Å²) in [5.74, 6) is -1.02. The van der Waals surface area contributed by atoms with Crippen molar-refractivity contribution in [3.05, 3.63) is 0 Å². The number of rotatable bonds is 4. The van der Waals surface area contributed by atoms with Crippen molar-refractivity contribution in [3.63, 3.8) is 0 Å². The Bertz CT molecular complexity index is 528. The molecule has 3 aliphatic rings. The maximum atomic E-state index is 12.6. The van der Waals surface area contributed by atoms with Crippen molar-refractivity contribution in [3.8, 4) is 0 Å². The zero-order valence-electron chi connectivity index (χ0n) is 16.6. The normalized spacial score (nSPS) is 38.3. The van der Waals surface area contributed by atoms with E-state index in [1.54, 1.807) is 0 Å². The summed E-state index contributed by atoms with van der Waals surface area (Å²) in [7, 11) is -2.09. The third-order valence-electron chi connectivity index (χ3n) is 6.74. The minimum absolute atomic E-state index is 0.0348. The zero-order chi connectivity index (χ0) is 18.5. The molecular formula is C19H34O5Si. The molecule has 2 aliphatic heterocycles. The van der Waals surface area contributed by atoms with Gasteiger partial charge in [0, 0.05) is 18.9 Å². The average Bonchev–Trinajstić information content (AvgIpc) is 2.95. The summed E-state index contributed by atoms with van der Waals surface area (Å²) in [5, 5.41) is 0.0705. The van der Waals surface area contributed by atoms with Crippen LogP contribution in [0.1, 0.15) is 59.8 Å². The van der Waals surface area contributed by atoms with E-state index in [-0.39, 0.29) is 16.9 Å². The van der Waals surface area contributed by atoms with Crippen LogP contribution in [0.15, 0.2) is 0 Å². The first-order valence-corrected chi connectivity index (χ1v) is 12.7. The Morgan fingerprint density at radius 3 is 2.60 bits per heavy atom. The highest BCUT2D eigenvalue weighted by Gasteiger charge is 2.73. The van der Waals surface area contributed by atoms with E-state index >= 15 is 0 Å². The van der Waals surface area contributed by atoms with Gasteiger partial charge in [-0.15, -0.1) is 0 Å². The van der Waals surface area contributed by atoms with Gasteiger partial charge in [-0.25, -0.2) is 4.79 Å². The lowest BCUT2D eigenvalue weighted by Crippen LogP contribution is -2.60. The number of carbonyl (C=O) groups excluding carboxylic acids is 1. The molecular weight excluding hydrogens is 336 g/mol. The van der Waals surface area contributed by atoms with Gasteiger partial charge in [0.15, 0.2) is 20.2 Å². The van der Waals surface area contributed by atoms with E-state index in [0.717, 1.165) is 38.7 Å². The minimum Gasteiger partial charge on any atom is -0.464 e. The highest BCUT2D eigenvalue weighted by molar-refractivity contribution is 6.74. The van der Waals surface area contributed by atoms with E-state index in [0.29, 0.717) is 6.61 Å². The predicted octanol–water partition coefficient (Wildman–Crippen LogP) is 4.02. The Kier molecular flexibility index (Phi) is 4.89. The summed E-state index contributed by atoms with van der Waals surface area (Å²) >= 11 is 0. The molecule has 0 amide bonds. The molecule has 0 aromatic heterocycles. The van der Waals surface area contributed by atoms with E-state index in [1.165, 1.54) is 0 Å². The number of hydrogen-bond acceptors (Lipinski definition) is 5. The van der Waals surface area contributed by atoms with Crippen LogP contribution in [0.2, 0.25) is 18.1 Å². The number of carbonyl (C=O) groups is 1. The van der Waals surface area contributed by atoms with E-state index in [9.17, 15) is 4.79 Å². The Labute approximate surface area is 152 Å². The monoisotopic (exact) mass is 370 g/mol. The standard InChI is InChI=1S/C19H34O5Si/c1-7-21-16(20)15-14-10-8-13-22-18(14)11-9-12-19(18,23-15)24-25(5,6)17(2,3)4/h14-15H,7-13H2,1-6H3/t14-,15+,18+,19+/m0/s1. The smallest absolute Gasteiger partial charge is 0.335 e. The third kappa shape index (κ3) is 2.89. The highest BCUT2D eigenvalue weighted by atomic mass is 28.4. The third-order valence-corrected chi connectivity index (χ3v) is 11.2. The fourth-order valence-corrected chi connectivity index (χ4v) is 5.99. The largest absolute Gasteiger partial charge is 0.464 e. The van der Waals surface area contributed by atoms with Gasteiger partial charge in [-0.1, -0.05) is 20.8 Å². The van der Waals surface area contributed by atoms with Gasteiger partial charge >= 0.3 is 5.97 Å². The fraction of sp³-hybridized carbons (Fsp3) is 0.947. The first kappa shape index (κ1) is 19.3. The van der Waals surface area contributed by atoms with Gasteiger partial charge in [-0.05, 0) is 50.7 Å². The van der Waals surface area contributed by atoms with Gasteiger partial charge in [-0.2, -0.15) is 0 Å². The van der Waals surface area contributed by atoms with Crippen molar-refractivity contribution in [2.75, 3.05) is 13.2 Å². The molecule has 1 spiro atoms. The van der Waals surface area contributed by atoms with E-state index in [4.69, 9.17) is 18.6 Å². The summed E-state index contributed by atoms with van der Waals surface area (Å²) in [6, 6.07) is 0. The van der Waals surface area contributed by atoms with E-state index in [2.05, 4.69) is 33.9 Å². The van der Waals surface area contributed by atoms with Gasteiger partial charge in [0.1, 0.15) is 5.60 Å². The molecule has 25 heavy (non-hydrogen) atoms. The SMILES string of the molecule is CCOC(=O)[C@@H]1O[C@@]2(O[Si](C)(C)C(C)(C)C)CCC[C@]23OCCC[C@@H]13. The van der Waals surface area contributed by atoms with E-state index < -0.39 is 25.8 Å². The minimum atomic E-state index is -2.09. The summed E-state index contributed by atoms with van der Waals surface area (Å²) in [6.45, 7) is 14.1. The second-order valence-corrected chi connectivity index (χ2v) is 14.0. The molecule has 0 aromatic rings. The number of hydrogen-bond donors (Lipinski definition) is 0. The van der Waals surface area contributed by atoms with Gasteiger partial charge in [0.2, 0.25) is 0 Å². The maximum Gasteiger partial charge on any atom is 0.335 e. The van der Waals surface area contributed by atoms with Crippen molar-refractivity contribution in [2.45, 2.75) is 95.4 Å². The summed E-state index contributed by atoms with van der Waals surface area (Å²) < 4.78 is 25.1. The van der Waals surface area contributed by atoms with Crippen molar-refractivity contribution in [1.29, 1.82) is 0 Å². The zero-order valence-corrected chi connectivity index (χ0v) is 17.6. The molecule has 1 aliphatic carbocycles. The summed E-state index contributed by atoms with van der Waals surface area (Å²) in [6.07, 6.45) is 4.05. The molecule has 0 N–H and O–H groups in total. The summed E-state index contributed by atoms with van der Waals surface area (Å²) in [4.78, 5) is 12.6. The number of ether oxygens (including phenoxy) is 3. The topological polar surface area (TPSA) is 54.0 Å². The van der Waals surface area contributed by atoms with Gasteiger partial charge in [-0.3, -0.25) is 0 Å². The lowest BCUT2D eigenvalue weighted by molar-refractivity contribution is -0.258. The first-order chi connectivity index (χ1) is 11.6. The Hall–Kier alpha value is -0.433. The van der Waals surface area contributed by atoms with Crippen LogP contribution >= 0.6 is 0 Å². The fourth-order valence-electron chi connectivity index (χ4n) is 4.54. The van der Waals surface area contributed by atoms with Crippen molar-refractivity contribution < 1.29 is 23.4 Å². The van der Waals surface area contributed by atoms with Gasteiger partial charge in [0.25, 0.3) is 0 Å². The molecule has 144 valence electrons. The molecule has 0 aromatic carbocycles.